The normalized spacial score (nSPS) is 10.4. The zero-order valence-electron chi connectivity index (χ0n) is 10.5. The number of hydrogen-bond acceptors (Lipinski definition) is 2. The van der Waals surface area contributed by atoms with Crippen LogP contribution in [-0.2, 0) is 4.79 Å². The Bertz CT molecular complexity index is 415. The van der Waals surface area contributed by atoms with Gasteiger partial charge in [-0.15, -0.1) is 0 Å². The number of hydrogen-bond donors (Lipinski definition) is 3. The number of carbonyl (C=O) groups is 2. The summed E-state index contributed by atoms with van der Waals surface area (Å²) in [6, 6.07) is 1.69. The fraction of sp³-hybridized carbons (Fsp3) is 0.500. The Balaban J connectivity index is 2.21. The first-order chi connectivity index (χ1) is 8.49. The van der Waals surface area contributed by atoms with Crippen molar-refractivity contribution >= 4 is 27.7 Å². The molecule has 18 heavy (non-hydrogen) atoms. The highest BCUT2D eigenvalue weighted by molar-refractivity contribution is 9.10. The highest BCUT2D eigenvalue weighted by Gasteiger charge is 2.08. The first-order valence-electron chi connectivity index (χ1n) is 5.88. The topological polar surface area (TPSA) is 74.0 Å². The summed E-state index contributed by atoms with van der Waals surface area (Å²) in [6.45, 7) is 5.06. The van der Waals surface area contributed by atoms with Crippen molar-refractivity contribution in [1.82, 2.24) is 15.6 Å². The fourth-order valence-electron chi connectivity index (χ4n) is 1.29. The van der Waals surface area contributed by atoms with Crippen LogP contribution in [0, 0.1) is 5.92 Å². The Kier molecular flexibility index (Phi) is 5.91. The Morgan fingerprint density at radius 1 is 1.39 bits per heavy atom. The minimum Gasteiger partial charge on any atom is -0.356 e. The Labute approximate surface area is 115 Å². The summed E-state index contributed by atoms with van der Waals surface area (Å²) >= 11 is 3.25. The summed E-state index contributed by atoms with van der Waals surface area (Å²) in [5, 5.41) is 5.47. The maximum Gasteiger partial charge on any atom is 0.267 e. The number of H-pyrrole nitrogens is 1. The van der Waals surface area contributed by atoms with Gasteiger partial charge in [-0.2, -0.15) is 0 Å². The van der Waals surface area contributed by atoms with Gasteiger partial charge in [0.2, 0.25) is 5.91 Å². The van der Waals surface area contributed by atoms with Gasteiger partial charge in [0, 0.05) is 30.2 Å². The van der Waals surface area contributed by atoms with Crippen molar-refractivity contribution in [3.63, 3.8) is 0 Å². The Morgan fingerprint density at radius 3 is 2.67 bits per heavy atom. The van der Waals surface area contributed by atoms with Gasteiger partial charge in [0.05, 0.1) is 0 Å². The molecule has 1 rings (SSSR count). The lowest BCUT2D eigenvalue weighted by molar-refractivity contribution is -0.121. The quantitative estimate of drug-likeness (QED) is 0.747. The van der Waals surface area contributed by atoms with Gasteiger partial charge in [0.25, 0.3) is 5.91 Å². The summed E-state index contributed by atoms with van der Waals surface area (Å²) in [5.74, 6) is 0.175. The molecule has 0 aromatic carbocycles. The van der Waals surface area contributed by atoms with Crippen molar-refractivity contribution < 1.29 is 9.59 Å². The van der Waals surface area contributed by atoms with Crippen LogP contribution in [0.5, 0.6) is 0 Å². The second kappa shape index (κ2) is 7.20. The van der Waals surface area contributed by atoms with E-state index < -0.39 is 0 Å². The number of amides is 2. The first kappa shape index (κ1) is 14.8. The molecule has 0 spiro atoms. The average molecular weight is 316 g/mol. The summed E-state index contributed by atoms with van der Waals surface area (Å²) < 4.78 is 0.822. The van der Waals surface area contributed by atoms with Gasteiger partial charge in [-0.1, -0.05) is 13.8 Å². The van der Waals surface area contributed by atoms with E-state index in [1.54, 1.807) is 12.3 Å². The fourth-order valence-corrected chi connectivity index (χ4v) is 1.63. The van der Waals surface area contributed by atoms with E-state index in [0.29, 0.717) is 31.1 Å². The monoisotopic (exact) mass is 315 g/mol. The van der Waals surface area contributed by atoms with Gasteiger partial charge >= 0.3 is 0 Å². The van der Waals surface area contributed by atoms with E-state index in [1.807, 2.05) is 13.8 Å². The third kappa shape index (κ3) is 5.35. The molecule has 3 N–H and O–H groups in total. The molecule has 0 fully saturated rings. The molecule has 1 heterocycles. The predicted molar refractivity (Wildman–Crippen MR) is 73.3 cm³/mol. The summed E-state index contributed by atoms with van der Waals surface area (Å²) in [4.78, 5) is 25.8. The average Bonchev–Trinajstić information content (AvgIpc) is 2.73. The molecule has 0 atom stereocenters. The molecule has 0 saturated heterocycles. The number of halogens is 1. The second-order valence-corrected chi connectivity index (χ2v) is 5.35. The number of aromatic amines is 1. The smallest absolute Gasteiger partial charge is 0.267 e. The molecule has 0 aliphatic rings. The van der Waals surface area contributed by atoms with Crippen molar-refractivity contribution in [1.29, 1.82) is 0 Å². The van der Waals surface area contributed by atoms with Crippen molar-refractivity contribution in [3.8, 4) is 0 Å². The standard InChI is InChI=1S/C12H18BrN3O2/c1-8(2)6-16-11(17)3-4-14-12(18)10-5-9(13)7-15-10/h5,7-8,15H,3-4,6H2,1-2H3,(H,14,18)(H,16,17). The summed E-state index contributed by atoms with van der Waals surface area (Å²) in [7, 11) is 0. The van der Waals surface area contributed by atoms with Gasteiger partial charge in [-0.05, 0) is 27.9 Å². The van der Waals surface area contributed by atoms with Crippen LogP contribution in [0.1, 0.15) is 30.8 Å². The third-order valence-corrected chi connectivity index (χ3v) is 2.70. The maximum absolute atomic E-state index is 11.6. The SMILES string of the molecule is CC(C)CNC(=O)CCNC(=O)c1cc(Br)c[nH]1. The van der Waals surface area contributed by atoms with Crippen molar-refractivity contribution in [2.24, 2.45) is 5.92 Å². The Hall–Kier alpha value is -1.30. The van der Waals surface area contributed by atoms with E-state index in [1.165, 1.54) is 0 Å². The summed E-state index contributed by atoms with van der Waals surface area (Å²) in [5.41, 5.74) is 0.476. The lowest BCUT2D eigenvalue weighted by Crippen LogP contribution is -2.32. The molecular weight excluding hydrogens is 298 g/mol. The molecule has 0 saturated carbocycles. The molecule has 0 unspecified atom stereocenters. The molecule has 6 heteroatoms. The minimum atomic E-state index is -0.211. The Morgan fingerprint density at radius 2 is 2.11 bits per heavy atom. The van der Waals surface area contributed by atoms with E-state index in [4.69, 9.17) is 0 Å². The zero-order valence-corrected chi connectivity index (χ0v) is 12.1. The van der Waals surface area contributed by atoms with Crippen LogP contribution in [0.2, 0.25) is 0 Å². The third-order valence-electron chi connectivity index (χ3n) is 2.24. The molecule has 2 amide bonds. The number of aromatic nitrogens is 1. The molecule has 5 nitrogen and oxygen atoms in total. The van der Waals surface area contributed by atoms with Crippen molar-refractivity contribution in [3.05, 3.63) is 22.4 Å². The second-order valence-electron chi connectivity index (χ2n) is 4.44. The maximum atomic E-state index is 11.6. The summed E-state index contributed by atoms with van der Waals surface area (Å²) in [6.07, 6.45) is 1.98. The number of rotatable bonds is 6. The van der Waals surface area contributed by atoms with Crippen LogP contribution in [0.3, 0.4) is 0 Å². The van der Waals surface area contributed by atoms with Gasteiger partial charge in [-0.25, -0.2) is 0 Å². The molecule has 1 aromatic rings. The largest absolute Gasteiger partial charge is 0.356 e. The van der Waals surface area contributed by atoms with E-state index >= 15 is 0 Å². The van der Waals surface area contributed by atoms with Gasteiger partial charge in [0.1, 0.15) is 5.69 Å². The molecule has 100 valence electrons. The van der Waals surface area contributed by atoms with Crippen molar-refractivity contribution in [2.45, 2.75) is 20.3 Å². The molecule has 0 bridgehead atoms. The minimum absolute atomic E-state index is 0.0448. The van der Waals surface area contributed by atoms with Crippen LogP contribution in [0.25, 0.3) is 0 Å². The van der Waals surface area contributed by atoms with Gasteiger partial charge in [0.15, 0.2) is 0 Å². The molecule has 1 aromatic heterocycles. The van der Waals surface area contributed by atoms with E-state index in [9.17, 15) is 9.59 Å². The van der Waals surface area contributed by atoms with E-state index in [2.05, 4.69) is 31.5 Å². The van der Waals surface area contributed by atoms with Crippen LogP contribution >= 0.6 is 15.9 Å². The van der Waals surface area contributed by atoms with Crippen LogP contribution in [0.4, 0.5) is 0 Å². The van der Waals surface area contributed by atoms with Gasteiger partial charge in [-0.3, -0.25) is 9.59 Å². The highest BCUT2D eigenvalue weighted by Crippen LogP contribution is 2.10. The van der Waals surface area contributed by atoms with Crippen LogP contribution in [0.15, 0.2) is 16.7 Å². The molecular formula is C12H18BrN3O2. The lowest BCUT2D eigenvalue weighted by atomic mass is 10.2. The predicted octanol–water partition coefficient (Wildman–Crippen LogP) is 1.67. The van der Waals surface area contributed by atoms with Crippen LogP contribution < -0.4 is 10.6 Å². The zero-order chi connectivity index (χ0) is 13.5. The number of nitrogens with one attached hydrogen (secondary N) is 3. The lowest BCUT2D eigenvalue weighted by Gasteiger charge is -2.07. The van der Waals surface area contributed by atoms with Gasteiger partial charge < -0.3 is 15.6 Å². The van der Waals surface area contributed by atoms with Crippen LogP contribution in [-0.4, -0.2) is 29.9 Å². The first-order valence-corrected chi connectivity index (χ1v) is 6.67. The number of carbonyl (C=O) groups excluding carboxylic acids is 2. The van der Waals surface area contributed by atoms with E-state index in [-0.39, 0.29) is 11.8 Å². The van der Waals surface area contributed by atoms with E-state index in [0.717, 1.165) is 4.47 Å². The molecule has 0 radical (unpaired) electrons. The van der Waals surface area contributed by atoms with Crippen molar-refractivity contribution in [2.75, 3.05) is 13.1 Å². The highest BCUT2D eigenvalue weighted by atomic mass is 79.9. The molecule has 0 aliphatic carbocycles. The molecule has 0 aliphatic heterocycles.